The number of halogens is 1. The van der Waals surface area contributed by atoms with Crippen LogP contribution in [-0.2, 0) is 44.4 Å². The van der Waals surface area contributed by atoms with E-state index in [-0.39, 0.29) is 36.1 Å². The van der Waals surface area contributed by atoms with E-state index in [2.05, 4.69) is 29.8 Å². The summed E-state index contributed by atoms with van der Waals surface area (Å²) < 4.78 is 53.3. The number of amides is 1. The second-order valence-electron chi connectivity index (χ2n) is 14.4. The highest BCUT2D eigenvalue weighted by Gasteiger charge is 2.22. The van der Waals surface area contributed by atoms with Gasteiger partial charge in [-0.3, -0.25) is 29.1 Å². The molecule has 0 saturated carbocycles. The number of H-pyrrole nitrogens is 1. The van der Waals surface area contributed by atoms with Crippen LogP contribution in [0.4, 0.5) is 5.69 Å². The number of rotatable bonds is 18. The Bertz CT molecular complexity index is 2600. The second-order valence-corrected chi connectivity index (χ2v) is 16.5. The van der Waals surface area contributed by atoms with Crippen LogP contribution in [0.1, 0.15) is 11.1 Å². The number of sulfonamides is 1. The normalized spacial score (nSPS) is 13.8. The third-order valence-electron chi connectivity index (χ3n) is 10.5. The predicted molar refractivity (Wildman–Crippen MR) is 231 cm³/mol. The number of hydrogen-bond acceptors (Lipinski definition) is 11. The van der Waals surface area contributed by atoms with E-state index in [1.807, 2.05) is 24.4 Å². The number of fused-ring (bicyclic) bond motifs is 2. The molecule has 3 N–H and O–H groups in total. The Hall–Kier alpha value is -5.49. The number of benzene rings is 3. The van der Waals surface area contributed by atoms with Crippen LogP contribution in [0.5, 0.6) is 11.5 Å². The second kappa shape index (κ2) is 19.3. The van der Waals surface area contributed by atoms with Crippen molar-refractivity contribution in [1.29, 1.82) is 0 Å². The fraction of sp³-hybridized carbons (Fsp3) is 0.326. The molecule has 4 heterocycles. The minimum absolute atomic E-state index is 0.0892. The molecule has 316 valence electrons. The van der Waals surface area contributed by atoms with Gasteiger partial charge >= 0.3 is 0 Å². The van der Waals surface area contributed by atoms with Crippen LogP contribution in [0.3, 0.4) is 0 Å². The van der Waals surface area contributed by atoms with Gasteiger partial charge in [0.15, 0.2) is 0 Å². The van der Waals surface area contributed by atoms with Crippen LogP contribution in [0.15, 0.2) is 95.1 Å². The molecule has 3 aromatic heterocycles. The van der Waals surface area contributed by atoms with Gasteiger partial charge in [-0.1, -0.05) is 35.9 Å². The zero-order valence-electron chi connectivity index (χ0n) is 33.7. The number of carbonyl (C=O) groups excluding carboxylic acids is 1. The number of aryl methyl sites for hydroxylation is 1. The van der Waals surface area contributed by atoms with E-state index in [9.17, 15) is 18.0 Å². The summed E-state index contributed by atoms with van der Waals surface area (Å²) in [6.45, 7) is 6.26. The van der Waals surface area contributed by atoms with Gasteiger partial charge in [0.25, 0.3) is 15.6 Å². The maximum absolute atomic E-state index is 13.0. The molecule has 0 spiro atoms. The number of para-hydroxylation sites is 1. The number of methoxy groups -OCH3 is 2. The Balaban J connectivity index is 0.789. The van der Waals surface area contributed by atoms with E-state index >= 15 is 0 Å². The minimum Gasteiger partial charge on any atom is -0.496 e. The number of nitrogens with zero attached hydrogens (tertiary/aromatic N) is 4. The number of aromatic nitrogens is 3. The number of carbonyl (C=O) groups is 1. The van der Waals surface area contributed by atoms with E-state index in [1.165, 1.54) is 12.1 Å². The third kappa shape index (κ3) is 9.92. The zero-order chi connectivity index (χ0) is 42.2. The molecular formula is C43H48ClN7O8S. The van der Waals surface area contributed by atoms with Crippen LogP contribution in [0.25, 0.3) is 32.8 Å². The molecule has 1 fully saturated rings. The summed E-state index contributed by atoms with van der Waals surface area (Å²) in [6, 6.07) is 17.4. The molecule has 0 aliphatic carbocycles. The lowest BCUT2D eigenvalue weighted by Gasteiger charge is -2.35. The maximum Gasteiger partial charge on any atom is 0.261 e. The smallest absolute Gasteiger partial charge is 0.261 e. The Morgan fingerprint density at radius 3 is 2.35 bits per heavy atom. The van der Waals surface area contributed by atoms with Crippen LogP contribution in [0, 0.1) is 0 Å². The predicted octanol–water partition coefficient (Wildman–Crippen LogP) is 5.02. The molecule has 0 radical (unpaired) electrons. The van der Waals surface area contributed by atoms with E-state index in [1.54, 1.807) is 74.8 Å². The van der Waals surface area contributed by atoms with Crippen LogP contribution in [-0.4, -0.2) is 112 Å². The number of hydrogen-bond donors (Lipinski definition) is 3. The van der Waals surface area contributed by atoms with Gasteiger partial charge in [-0.05, 0) is 52.9 Å². The number of pyridine rings is 2. The van der Waals surface area contributed by atoms with Gasteiger partial charge in [-0.2, -0.15) is 0 Å². The Morgan fingerprint density at radius 2 is 1.62 bits per heavy atom. The largest absolute Gasteiger partial charge is 0.496 e. The molecule has 1 saturated heterocycles. The monoisotopic (exact) mass is 857 g/mol. The van der Waals surface area contributed by atoms with Crippen LogP contribution in [0.2, 0.25) is 5.02 Å². The summed E-state index contributed by atoms with van der Waals surface area (Å²) in [5, 5.41) is 5.38. The lowest BCUT2D eigenvalue weighted by molar-refractivity contribution is -0.126. The van der Waals surface area contributed by atoms with Crippen molar-refractivity contribution in [3.63, 3.8) is 0 Å². The first-order valence-corrected chi connectivity index (χ1v) is 21.3. The highest BCUT2D eigenvalue weighted by molar-refractivity contribution is 7.92. The first-order chi connectivity index (χ1) is 29.0. The summed E-state index contributed by atoms with van der Waals surface area (Å²) in [6.07, 6.45) is 6.73. The van der Waals surface area contributed by atoms with Crippen LogP contribution < -0.4 is 25.1 Å². The van der Waals surface area contributed by atoms with Gasteiger partial charge in [-0.15, -0.1) is 0 Å². The van der Waals surface area contributed by atoms with E-state index < -0.39 is 10.0 Å². The highest BCUT2D eigenvalue weighted by atomic mass is 35.5. The molecule has 0 unspecified atom stereocenters. The average molecular weight is 858 g/mol. The molecule has 15 nitrogen and oxygen atoms in total. The molecule has 60 heavy (non-hydrogen) atoms. The zero-order valence-corrected chi connectivity index (χ0v) is 35.3. The van der Waals surface area contributed by atoms with Gasteiger partial charge in [0.05, 0.1) is 66.1 Å². The van der Waals surface area contributed by atoms with Crippen molar-refractivity contribution in [3.05, 3.63) is 112 Å². The Labute approximate surface area is 353 Å². The van der Waals surface area contributed by atoms with Crippen molar-refractivity contribution in [2.75, 3.05) is 78.1 Å². The average Bonchev–Trinajstić information content (AvgIpc) is 3.65. The van der Waals surface area contributed by atoms with Gasteiger partial charge < -0.3 is 33.8 Å². The number of ether oxygens (including phenoxy) is 4. The lowest BCUT2D eigenvalue weighted by atomic mass is 9.99. The first kappa shape index (κ1) is 42.6. The van der Waals surface area contributed by atoms with Crippen molar-refractivity contribution in [1.82, 2.24) is 29.7 Å². The standard InChI is InChI=1S/C43H48ClN7O8S/c1-49-26-35(32-11-12-45-24-34(32)43(49)53)30-21-39(56-2)36(40(22-30)57-3)27-51-15-13-50(14-16-51)17-18-58-19-20-59-28-41(52)46-23-29-7-9-31(10-8-29)60(54,55)48-38-6-4-5-33-37(44)25-47-42(33)38/h4-12,21-22,24-26,47-48H,13-20,23,27-28H2,1-3H3,(H,46,52). The Kier molecular flexibility index (Phi) is 13.7. The molecule has 0 bridgehead atoms. The summed E-state index contributed by atoms with van der Waals surface area (Å²) >= 11 is 6.17. The van der Waals surface area contributed by atoms with Crippen LogP contribution >= 0.6 is 11.6 Å². The molecule has 17 heteroatoms. The van der Waals surface area contributed by atoms with E-state index in [4.69, 9.17) is 30.5 Å². The van der Waals surface area contributed by atoms with Crippen molar-refractivity contribution in [2.45, 2.75) is 18.0 Å². The summed E-state index contributed by atoms with van der Waals surface area (Å²) in [4.78, 5) is 37.1. The SMILES string of the molecule is COc1cc(-c2cn(C)c(=O)c3cnccc23)cc(OC)c1CN1CCN(CCOCCOCC(=O)NCc2ccc(S(=O)(=O)Nc3cccc4c(Cl)c[nH]c34)cc2)CC1. The summed E-state index contributed by atoms with van der Waals surface area (Å²) in [5.41, 5.74) is 4.37. The molecular weight excluding hydrogens is 810 g/mol. The molecule has 1 aliphatic rings. The number of aromatic amines is 1. The van der Waals surface area contributed by atoms with Crippen molar-refractivity contribution in [3.8, 4) is 22.6 Å². The molecule has 6 aromatic rings. The fourth-order valence-corrected chi connectivity index (χ4v) is 8.54. The van der Waals surface area contributed by atoms with Gasteiger partial charge in [-0.25, -0.2) is 8.42 Å². The first-order valence-electron chi connectivity index (χ1n) is 19.5. The summed E-state index contributed by atoms with van der Waals surface area (Å²) in [5.74, 6) is 1.16. The van der Waals surface area contributed by atoms with Gasteiger partial charge in [0.2, 0.25) is 5.91 Å². The van der Waals surface area contributed by atoms with Gasteiger partial charge in [0, 0.05) is 88.6 Å². The van der Waals surface area contributed by atoms with Crippen molar-refractivity contribution in [2.24, 2.45) is 7.05 Å². The topological polar surface area (TPSA) is 169 Å². The quantitative estimate of drug-likeness (QED) is 0.0993. The molecule has 7 rings (SSSR count). The molecule has 1 aliphatic heterocycles. The van der Waals surface area contributed by atoms with Crippen molar-refractivity contribution < 1.29 is 32.2 Å². The van der Waals surface area contributed by atoms with E-state index in [0.29, 0.717) is 41.4 Å². The van der Waals surface area contributed by atoms with Crippen molar-refractivity contribution >= 4 is 54.9 Å². The molecule has 3 aromatic carbocycles. The number of nitrogens with one attached hydrogen (secondary N) is 3. The minimum atomic E-state index is -3.86. The summed E-state index contributed by atoms with van der Waals surface area (Å²) in [7, 11) is 1.20. The Morgan fingerprint density at radius 1 is 0.900 bits per heavy atom. The maximum atomic E-state index is 13.0. The lowest BCUT2D eigenvalue weighted by Crippen LogP contribution is -2.46. The highest BCUT2D eigenvalue weighted by Crippen LogP contribution is 2.38. The fourth-order valence-electron chi connectivity index (χ4n) is 7.26. The van der Waals surface area contributed by atoms with Gasteiger partial charge in [0.1, 0.15) is 18.1 Å². The molecule has 1 amide bonds. The van der Waals surface area contributed by atoms with E-state index in [0.717, 1.165) is 77.2 Å². The molecule has 0 atom stereocenters. The number of piperazine rings is 1. The number of anilines is 1. The third-order valence-corrected chi connectivity index (χ3v) is 12.2.